The zero-order valence-electron chi connectivity index (χ0n) is 23.1. The van der Waals surface area contributed by atoms with Crippen molar-refractivity contribution in [3.05, 3.63) is 35.9 Å². The van der Waals surface area contributed by atoms with Crippen LogP contribution < -0.4 is 0 Å². The highest BCUT2D eigenvalue weighted by Gasteiger charge is 2.58. The van der Waals surface area contributed by atoms with E-state index in [2.05, 4.69) is 54.8 Å². The molecule has 1 saturated carbocycles. The Labute approximate surface area is 222 Å². The molecule has 5 rings (SSSR count). The fourth-order valence-corrected chi connectivity index (χ4v) is 6.70. The number of carbonyl (C=O) groups is 3. The number of likely N-dealkylation sites (tertiary alicyclic amines) is 2. The third-order valence-electron chi connectivity index (χ3n) is 8.95. The third-order valence-corrected chi connectivity index (χ3v) is 8.95. The van der Waals surface area contributed by atoms with E-state index in [1.807, 2.05) is 17.9 Å². The van der Waals surface area contributed by atoms with Crippen LogP contribution in [0.15, 0.2) is 30.3 Å². The van der Waals surface area contributed by atoms with Gasteiger partial charge in [-0.3, -0.25) is 14.5 Å². The maximum absolute atomic E-state index is 13.5. The Bertz CT molecular complexity index is 1010. The molecule has 2 atom stereocenters. The molecule has 0 N–H and O–H groups in total. The number of hydrogen-bond donors (Lipinski definition) is 0. The minimum atomic E-state index is -0.657. The molecule has 37 heavy (non-hydrogen) atoms. The van der Waals surface area contributed by atoms with Crippen LogP contribution >= 0.6 is 0 Å². The highest BCUT2D eigenvalue weighted by molar-refractivity contribution is 6.07. The summed E-state index contributed by atoms with van der Waals surface area (Å²) in [5, 5.41) is 0. The van der Waals surface area contributed by atoms with E-state index in [1.165, 1.54) is 23.3 Å². The van der Waals surface area contributed by atoms with Crippen molar-refractivity contribution < 1.29 is 14.4 Å². The Hall–Kier alpha value is -2.41. The Morgan fingerprint density at radius 1 is 1.00 bits per heavy atom. The number of urea groups is 1. The molecule has 0 bridgehead atoms. The second-order valence-electron chi connectivity index (χ2n) is 13.0. The van der Waals surface area contributed by atoms with E-state index < -0.39 is 5.54 Å². The second-order valence-corrected chi connectivity index (χ2v) is 13.0. The van der Waals surface area contributed by atoms with E-state index >= 15 is 0 Å². The molecule has 3 aliphatic heterocycles. The van der Waals surface area contributed by atoms with Crippen LogP contribution in [0.25, 0.3) is 0 Å². The van der Waals surface area contributed by atoms with Gasteiger partial charge in [-0.25, -0.2) is 4.79 Å². The number of rotatable bonds is 7. The quantitative estimate of drug-likeness (QED) is 0.518. The lowest BCUT2D eigenvalue weighted by Gasteiger charge is -2.43. The van der Waals surface area contributed by atoms with Gasteiger partial charge < -0.3 is 14.7 Å². The molecule has 1 aliphatic carbocycles. The zero-order chi connectivity index (χ0) is 26.4. The summed E-state index contributed by atoms with van der Waals surface area (Å²) in [6, 6.07) is 10.5. The first kappa shape index (κ1) is 26.2. The Kier molecular flexibility index (Phi) is 7.12. The summed E-state index contributed by atoms with van der Waals surface area (Å²) in [4.78, 5) is 47.7. The molecule has 7 nitrogen and oxygen atoms in total. The number of piperidine rings is 1. The number of amides is 4. The van der Waals surface area contributed by atoms with Crippen LogP contribution in [0.3, 0.4) is 0 Å². The van der Waals surface area contributed by atoms with Gasteiger partial charge in [0, 0.05) is 58.2 Å². The minimum Gasteiger partial charge on any atom is -0.342 e. The normalized spacial score (nSPS) is 26.5. The van der Waals surface area contributed by atoms with Crippen molar-refractivity contribution in [1.82, 2.24) is 19.6 Å². The fraction of sp³-hybridized carbons (Fsp3) is 0.700. The Balaban J connectivity index is 1.28. The minimum absolute atomic E-state index is 0.0160. The predicted molar refractivity (Wildman–Crippen MR) is 144 cm³/mol. The molecular weight excluding hydrogens is 464 g/mol. The van der Waals surface area contributed by atoms with Crippen LogP contribution in [0, 0.1) is 17.3 Å². The van der Waals surface area contributed by atoms with Crippen molar-refractivity contribution in [2.24, 2.45) is 17.3 Å². The molecule has 202 valence electrons. The summed E-state index contributed by atoms with van der Waals surface area (Å²) in [6.07, 6.45) is 4.30. The molecule has 4 fully saturated rings. The summed E-state index contributed by atoms with van der Waals surface area (Å²) in [6.45, 7) is 13.5. The molecule has 4 amide bonds. The van der Waals surface area contributed by atoms with Crippen molar-refractivity contribution in [2.45, 2.75) is 71.3 Å². The molecule has 1 spiro atoms. The van der Waals surface area contributed by atoms with Crippen LogP contribution in [0.4, 0.5) is 4.79 Å². The SMILES string of the molecule is CCN1C(=O)N(CC2CC2)C2(CCN(CC3CN(C(=O)CC(C)(C)C)CC3c3ccccc3)CC2)C1=O. The molecule has 0 radical (unpaired) electrons. The first-order valence-corrected chi connectivity index (χ1v) is 14.3. The summed E-state index contributed by atoms with van der Waals surface area (Å²) in [5.41, 5.74) is 0.621. The van der Waals surface area contributed by atoms with Gasteiger partial charge in [0.2, 0.25) is 5.91 Å². The number of carbonyl (C=O) groups excluding carboxylic acids is 3. The van der Waals surface area contributed by atoms with Crippen LogP contribution in [-0.2, 0) is 9.59 Å². The van der Waals surface area contributed by atoms with Gasteiger partial charge in [-0.05, 0) is 55.4 Å². The van der Waals surface area contributed by atoms with Gasteiger partial charge in [0.25, 0.3) is 5.91 Å². The number of hydrogen-bond acceptors (Lipinski definition) is 4. The summed E-state index contributed by atoms with van der Waals surface area (Å²) in [5.74, 6) is 1.50. The topological polar surface area (TPSA) is 64.2 Å². The van der Waals surface area contributed by atoms with Crippen molar-refractivity contribution in [3.63, 3.8) is 0 Å². The van der Waals surface area contributed by atoms with E-state index in [-0.39, 0.29) is 23.3 Å². The van der Waals surface area contributed by atoms with Gasteiger partial charge >= 0.3 is 6.03 Å². The van der Waals surface area contributed by atoms with Gasteiger partial charge in [0.15, 0.2) is 0 Å². The zero-order valence-corrected chi connectivity index (χ0v) is 23.1. The Morgan fingerprint density at radius 2 is 1.68 bits per heavy atom. The van der Waals surface area contributed by atoms with E-state index in [4.69, 9.17) is 0 Å². The molecule has 3 saturated heterocycles. The molecular formula is C30H44N4O3. The van der Waals surface area contributed by atoms with Crippen molar-refractivity contribution in [3.8, 4) is 0 Å². The highest BCUT2D eigenvalue weighted by atomic mass is 16.2. The van der Waals surface area contributed by atoms with Crippen LogP contribution in [0.1, 0.15) is 71.3 Å². The molecule has 0 aromatic heterocycles. The average molecular weight is 509 g/mol. The average Bonchev–Trinajstić information content (AvgIpc) is 3.55. The lowest BCUT2D eigenvalue weighted by molar-refractivity contribution is -0.136. The van der Waals surface area contributed by atoms with Gasteiger partial charge in [-0.15, -0.1) is 0 Å². The molecule has 4 aliphatic rings. The number of benzene rings is 1. The Morgan fingerprint density at radius 3 is 2.27 bits per heavy atom. The van der Waals surface area contributed by atoms with E-state index in [1.54, 1.807) is 0 Å². The predicted octanol–water partition coefficient (Wildman–Crippen LogP) is 4.19. The second kappa shape index (κ2) is 10.0. The van der Waals surface area contributed by atoms with Crippen molar-refractivity contribution in [2.75, 3.05) is 45.8 Å². The van der Waals surface area contributed by atoms with Crippen LogP contribution in [0.5, 0.6) is 0 Å². The summed E-state index contributed by atoms with van der Waals surface area (Å²) >= 11 is 0. The molecule has 1 aromatic rings. The van der Waals surface area contributed by atoms with Crippen molar-refractivity contribution >= 4 is 17.8 Å². The maximum Gasteiger partial charge on any atom is 0.327 e. The fourth-order valence-electron chi connectivity index (χ4n) is 6.70. The van der Waals surface area contributed by atoms with E-state index in [9.17, 15) is 14.4 Å². The largest absolute Gasteiger partial charge is 0.342 e. The molecule has 1 aromatic carbocycles. The highest BCUT2D eigenvalue weighted by Crippen LogP contribution is 2.42. The van der Waals surface area contributed by atoms with Gasteiger partial charge in [-0.2, -0.15) is 0 Å². The van der Waals surface area contributed by atoms with Gasteiger partial charge in [-0.1, -0.05) is 51.1 Å². The van der Waals surface area contributed by atoms with Crippen molar-refractivity contribution in [1.29, 1.82) is 0 Å². The van der Waals surface area contributed by atoms with E-state index in [0.717, 1.165) is 39.3 Å². The van der Waals surface area contributed by atoms with Crippen LogP contribution in [-0.4, -0.2) is 88.8 Å². The first-order chi connectivity index (χ1) is 17.6. The van der Waals surface area contributed by atoms with Crippen LogP contribution in [0.2, 0.25) is 0 Å². The van der Waals surface area contributed by atoms with E-state index in [0.29, 0.717) is 43.6 Å². The summed E-state index contributed by atoms with van der Waals surface area (Å²) in [7, 11) is 0. The lowest BCUT2D eigenvalue weighted by Crippen LogP contribution is -2.57. The maximum atomic E-state index is 13.5. The number of nitrogens with zero attached hydrogens (tertiary/aromatic N) is 4. The lowest BCUT2D eigenvalue weighted by atomic mass is 9.84. The first-order valence-electron chi connectivity index (χ1n) is 14.3. The molecule has 2 unspecified atom stereocenters. The molecule has 3 heterocycles. The number of likely N-dealkylation sites (N-methyl/N-ethyl adjacent to an activating group) is 1. The monoisotopic (exact) mass is 508 g/mol. The third kappa shape index (κ3) is 5.29. The van der Waals surface area contributed by atoms with Gasteiger partial charge in [0.05, 0.1) is 0 Å². The summed E-state index contributed by atoms with van der Waals surface area (Å²) < 4.78 is 0. The smallest absolute Gasteiger partial charge is 0.327 e. The number of imide groups is 1. The molecule has 7 heteroatoms. The van der Waals surface area contributed by atoms with Gasteiger partial charge in [0.1, 0.15) is 5.54 Å². The standard InChI is InChI=1S/C30H44N4O3/c1-5-33-27(36)30(34(28(33)37)18-22-11-12-22)13-15-31(16-14-30)19-24-20-32(26(35)17-29(2,3)4)21-25(24)23-9-7-6-8-10-23/h6-10,22,24-25H,5,11-21H2,1-4H3.